The van der Waals surface area contributed by atoms with E-state index in [1.54, 1.807) is 27.7 Å². The zero-order valence-corrected chi connectivity index (χ0v) is 40.5. The van der Waals surface area contributed by atoms with Crippen LogP contribution in [0.5, 0.6) is 0 Å². The number of hydrogen-bond acceptors (Lipinski definition) is 14. The molecular weight excluding hydrogens is 925 g/mol. The Morgan fingerprint density at radius 2 is 0.943 bits per heavy atom. The second kappa shape index (κ2) is 31.8. The minimum atomic E-state index is -1.90. The van der Waals surface area contributed by atoms with Crippen LogP contribution in [0.4, 0.5) is 0 Å². The van der Waals surface area contributed by atoms with Gasteiger partial charge in [0.25, 0.3) is 0 Å². The molecule has 0 fully saturated rings. The zero-order chi connectivity index (χ0) is 54.0. The monoisotopic (exact) mass is 999 g/mol. The number of nitrogens with zero attached hydrogens (tertiary/aromatic N) is 1. The molecule has 10 amide bonds. The number of carboxylic acid groups (broad SMARTS) is 2. The highest BCUT2D eigenvalue weighted by atomic mass is 16.4. The van der Waals surface area contributed by atoms with Crippen molar-refractivity contribution in [3.05, 3.63) is 0 Å². The third-order valence-electron chi connectivity index (χ3n) is 10.6. The summed E-state index contributed by atoms with van der Waals surface area (Å²) in [4.78, 5) is 158. The maximum Gasteiger partial charge on any atom is 0.326 e. The van der Waals surface area contributed by atoms with Crippen molar-refractivity contribution in [2.45, 2.75) is 161 Å². The van der Waals surface area contributed by atoms with Crippen LogP contribution in [-0.4, -0.2) is 142 Å². The van der Waals surface area contributed by atoms with Crippen LogP contribution in [-0.2, 0) is 57.5 Å². The van der Waals surface area contributed by atoms with Gasteiger partial charge in [-0.15, -0.1) is 0 Å². The Morgan fingerprint density at radius 1 is 0.500 bits per heavy atom. The van der Waals surface area contributed by atoms with Crippen molar-refractivity contribution in [3.8, 4) is 0 Å². The number of carbonyl (C=O) groups excluding carboxylic acids is 10. The zero-order valence-electron chi connectivity index (χ0n) is 40.5. The Hall–Kier alpha value is -7.13. The molecule has 0 aliphatic heterocycles. The van der Waals surface area contributed by atoms with E-state index in [-0.39, 0.29) is 50.5 Å². The smallest absolute Gasteiger partial charge is 0.326 e. The molecule has 0 spiro atoms. The van der Waals surface area contributed by atoms with Gasteiger partial charge in [-0.3, -0.25) is 57.7 Å². The van der Waals surface area contributed by atoms with Crippen LogP contribution in [0, 0.1) is 17.8 Å². The summed E-state index contributed by atoms with van der Waals surface area (Å²) in [6.07, 6.45) is -3.12. The van der Waals surface area contributed by atoms with Gasteiger partial charge in [0.2, 0.25) is 59.1 Å². The van der Waals surface area contributed by atoms with Gasteiger partial charge < -0.3 is 81.8 Å². The van der Waals surface area contributed by atoms with Gasteiger partial charge in [0, 0.05) is 25.8 Å². The van der Waals surface area contributed by atoms with Crippen LogP contribution < -0.4 is 71.6 Å². The number of rotatable bonds is 35. The molecule has 396 valence electrons. The molecule has 0 heterocycles. The van der Waals surface area contributed by atoms with E-state index in [2.05, 4.69) is 42.2 Å². The average Bonchev–Trinajstić information content (AvgIpc) is 3.25. The molecule has 0 rings (SSSR count). The lowest BCUT2D eigenvalue weighted by atomic mass is 9.96. The van der Waals surface area contributed by atoms with Gasteiger partial charge in [-0.1, -0.05) is 48.0 Å². The predicted molar refractivity (Wildman–Crippen MR) is 250 cm³/mol. The van der Waals surface area contributed by atoms with E-state index in [0.29, 0.717) is 6.42 Å². The molecule has 0 aliphatic rings. The molecule has 0 saturated carbocycles. The summed E-state index contributed by atoms with van der Waals surface area (Å²) < 4.78 is 0. The van der Waals surface area contributed by atoms with Gasteiger partial charge in [-0.2, -0.15) is 0 Å². The summed E-state index contributed by atoms with van der Waals surface area (Å²) in [6.45, 7) is 9.91. The predicted octanol–water partition coefficient (Wildman–Crippen LogP) is -5.14. The van der Waals surface area contributed by atoms with Crippen molar-refractivity contribution in [1.29, 1.82) is 0 Å². The third-order valence-corrected chi connectivity index (χ3v) is 10.6. The number of carboxylic acids is 2. The van der Waals surface area contributed by atoms with Crippen LogP contribution in [0.25, 0.3) is 0 Å². The molecule has 0 aromatic heterocycles. The SMILES string of the molecule is CC[C@H](C)[C@H](NC(=O)[C@@H](N)CCC(N)=O)C(=O)N[C@@H](CC(C)C)C(=O)N[C@@H](CCC(=O)O)C(=O)N[C@@H](CC(N)=O)C(=O)N[C@@H](CCC(N)=O)C(=O)N[C@H](C(=O)N[C@@H](CCCN=C(N)N)C(=O)O)C(C)C. The maximum atomic E-state index is 13.9. The lowest BCUT2D eigenvalue weighted by Gasteiger charge is -2.29. The number of aliphatic imine (C=N–C) groups is 1. The number of aliphatic carboxylic acids is 2. The molecule has 0 bridgehead atoms. The van der Waals surface area contributed by atoms with E-state index in [9.17, 15) is 67.7 Å². The fraction of sp³-hybridized carbons (Fsp3) is 0.690. The fourth-order valence-electron chi connectivity index (χ4n) is 6.49. The number of hydrogen-bond donors (Lipinski definition) is 15. The topological polar surface area (TPSA) is 498 Å². The second-order valence-corrected chi connectivity index (χ2v) is 17.5. The van der Waals surface area contributed by atoms with Crippen LogP contribution in [0.1, 0.15) is 112 Å². The van der Waals surface area contributed by atoms with Gasteiger partial charge >= 0.3 is 11.9 Å². The maximum absolute atomic E-state index is 13.9. The van der Waals surface area contributed by atoms with Gasteiger partial charge in [0.15, 0.2) is 5.96 Å². The average molecular weight is 999 g/mol. The normalized spacial score (nSPS) is 14.9. The van der Waals surface area contributed by atoms with Crippen LogP contribution in [0.3, 0.4) is 0 Å². The standard InChI is InChI=1S/C42H74N14O14/c1-7-21(6)33(56-34(62)22(43)10-13-28(44)57)40(68)54-26(17-19(2)3)37(65)51-24(12-15-31(60)61)35(63)53-27(18-30(46)59)38(66)50-23(11-14-29(45)58)36(64)55-32(20(4)5)39(67)52-25(41(69)70)9-8-16-49-42(47)48/h19-27,32-33H,7-18,43H2,1-6H3,(H2,44,57)(H2,45,58)(H2,46,59)(H,50,66)(H,51,65)(H,52,67)(H,53,63)(H,54,68)(H,55,64)(H,56,62)(H,60,61)(H,69,70)(H4,47,48,49)/t21-,22-,23-,24-,25-,26-,27-,32-,33-/m0/s1. The Balaban J connectivity index is 6.64. The molecular formula is C42H74N14O14. The second-order valence-electron chi connectivity index (χ2n) is 17.5. The molecule has 28 nitrogen and oxygen atoms in total. The van der Waals surface area contributed by atoms with E-state index < -0.39 is 163 Å². The molecule has 0 aromatic rings. The lowest BCUT2D eigenvalue weighted by molar-refractivity contribution is -0.143. The summed E-state index contributed by atoms with van der Waals surface area (Å²) in [5.41, 5.74) is 32.4. The summed E-state index contributed by atoms with van der Waals surface area (Å²) in [6, 6.07) is -12.0. The number of carbonyl (C=O) groups is 12. The van der Waals surface area contributed by atoms with E-state index in [1.165, 1.54) is 13.8 Å². The highest BCUT2D eigenvalue weighted by Crippen LogP contribution is 2.13. The fourth-order valence-corrected chi connectivity index (χ4v) is 6.49. The first-order valence-corrected chi connectivity index (χ1v) is 22.7. The number of nitrogens with one attached hydrogen (secondary N) is 7. The molecule has 0 aromatic carbocycles. The summed E-state index contributed by atoms with van der Waals surface area (Å²) in [5.74, 6) is -14.3. The summed E-state index contributed by atoms with van der Waals surface area (Å²) >= 11 is 0. The molecule has 0 radical (unpaired) electrons. The van der Waals surface area contributed by atoms with E-state index >= 15 is 0 Å². The highest BCUT2D eigenvalue weighted by molar-refractivity contribution is 5.99. The van der Waals surface area contributed by atoms with Gasteiger partial charge in [-0.05, 0) is 56.3 Å². The molecule has 21 N–H and O–H groups in total. The summed E-state index contributed by atoms with van der Waals surface area (Å²) in [5, 5.41) is 36.0. The lowest BCUT2D eigenvalue weighted by Crippen LogP contribution is -2.61. The van der Waals surface area contributed by atoms with Crippen LogP contribution >= 0.6 is 0 Å². The van der Waals surface area contributed by atoms with Crippen molar-refractivity contribution in [2.24, 2.45) is 57.1 Å². The van der Waals surface area contributed by atoms with Crippen molar-refractivity contribution in [2.75, 3.05) is 6.54 Å². The Kier molecular flexibility index (Phi) is 28.6. The highest BCUT2D eigenvalue weighted by Gasteiger charge is 2.36. The molecule has 0 aliphatic carbocycles. The number of primary amides is 3. The van der Waals surface area contributed by atoms with Crippen LogP contribution in [0.2, 0.25) is 0 Å². The molecule has 0 unspecified atom stereocenters. The van der Waals surface area contributed by atoms with E-state index in [0.717, 1.165) is 0 Å². The first-order chi connectivity index (χ1) is 32.5. The van der Waals surface area contributed by atoms with Gasteiger partial charge in [0.1, 0.15) is 42.3 Å². The van der Waals surface area contributed by atoms with E-state index in [4.69, 9.17) is 34.4 Å². The molecule has 28 heteroatoms. The van der Waals surface area contributed by atoms with Crippen LogP contribution in [0.15, 0.2) is 4.99 Å². The van der Waals surface area contributed by atoms with Crippen molar-refractivity contribution in [3.63, 3.8) is 0 Å². The molecule has 9 atom stereocenters. The minimum absolute atomic E-state index is 0.0359. The Labute approximate surface area is 405 Å². The number of amides is 10. The Morgan fingerprint density at radius 3 is 1.41 bits per heavy atom. The van der Waals surface area contributed by atoms with Gasteiger partial charge in [0.05, 0.1) is 12.5 Å². The van der Waals surface area contributed by atoms with Crippen molar-refractivity contribution in [1.82, 2.24) is 37.2 Å². The van der Waals surface area contributed by atoms with Crippen molar-refractivity contribution < 1.29 is 67.7 Å². The quantitative estimate of drug-likeness (QED) is 0.0160. The minimum Gasteiger partial charge on any atom is -0.481 e. The van der Waals surface area contributed by atoms with Gasteiger partial charge in [-0.25, -0.2) is 4.79 Å². The summed E-state index contributed by atoms with van der Waals surface area (Å²) in [7, 11) is 0. The first-order valence-electron chi connectivity index (χ1n) is 22.7. The van der Waals surface area contributed by atoms with Crippen molar-refractivity contribution >= 4 is 77.0 Å². The Bertz CT molecular complexity index is 1890. The molecule has 70 heavy (non-hydrogen) atoms. The number of nitrogens with two attached hydrogens (primary N) is 6. The number of guanidine groups is 1. The van der Waals surface area contributed by atoms with E-state index in [1.807, 2.05) is 0 Å². The third kappa shape index (κ3) is 25.3. The molecule has 0 saturated heterocycles. The first kappa shape index (κ1) is 62.9. The largest absolute Gasteiger partial charge is 0.481 e.